The van der Waals surface area contributed by atoms with Gasteiger partial charge in [0.2, 0.25) is 0 Å². The fraction of sp³-hybridized carbons (Fsp3) is 0.286. The zero-order chi connectivity index (χ0) is 9.14. The number of hydrogen-bond donors (Lipinski definition) is 1. The Balaban J connectivity index is 3.41. The van der Waals surface area contributed by atoms with Gasteiger partial charge in [-0.3, -0.25) is 4.79 Å². The lowest BCUT2D eigenvalue weighted by molar-refractivity contribution is 1.01. The minimum Gasteiger partial charge on any atom is -0.361 e. The van der Waals surface area contributed by atoms with E-state index in [1.54, 1.807) is 25.1 Å². The number of rotatable bonds is 1. The van der Waals surface area contributed by atoms with Crippen LogP contribution in [-0.2, 0) is 0 Å². The molecule has 0 spiro atoms. The molecule has 0 unspecified atom stereocenters. The van der Waals surface area contributed by atoms with Crippen LogP contribution in [-0.4, -0.2) is 24.1 Å². The summed E-state index contributed by atoms with van der Waals surface area (Å²) in [4.78, 5) is 18.8. The lowest BCUT2D eigenvalue weighted by atomic mass is 10.3. The summed E-state index contributed by atoms with van der Waals surface area (Å²) in [6.07, 6.45) is 1.28. The summed E-state index contributed by atoms with van der Waals surface area (Å²) in [5.41, 5.74) is -0.362. The van der Waals surface area contributed by atoms with Crippen LogP contribution in [0, 0.1) is 11.3 Å². The SMILES string of the molecule is CN(C)c1nc[nH]c(=O)c1C#N. The number of nitrogens with one attached hydrogen (secondary N) is 1. The van der Waals surface area contributed by atoms with Gasteiger partial charge >= 0.3 is 0 Å². The maximum atomic E-state index is 11.0. The highest BCUT2D eigenvalue weighted by atomic mass is 16.1. The van der Waals surface area contributed by atoms with Gasteiger partial charge in [0.25, 0.3) is 5.56 Å². The van der Waals surface area contributed by atoms with Gasteiger partial charge in [-0.15, -0.1) is 0 Å². The third kappa shape index (κ3) is 1.27. The van der Waals surface area contributed by atoms with Crippen LogP contribution in [0.2, 0.25) is 0 Å². The first-order valence-electron chi connectivity index (χ1n) is 3.32. The van der Waals surface area contributed by atoms with Crippen molar-refractivity contribution in [2.75, 3.05) is 19.0 Å². The topological polar surface area (TPSA) is 72.8 Å². The van der Waals surface area contributed by atoms with E-state index in [9.17, 15) is 4.79 Å². The van der Waals surface area contributed by atoms with Crippen molar-refractivity contribution in [2.45, 2.75) is 0 Å². The first-order chi connectivity index (χ1) is 5.66. The maximum absolute atomic E-state index is 11.0. The molecule has 0 atom stereocenters. The van der Waals surface area contributed by atoms with Gasteiger partial charge in [-0.25, -0.2) is 4.98 Å². The van der Waals surface area contributed by atoms with Gasteiger partial charge in [-0.05, 0) is 0 Å². The van der Waals surface area contributed by atoms with Gasteiger partial charge < -0.3 is 9.88 Å². The van der Waals surface area contributed by atoms with E-state index in [1.807, 2.05) is 0 Å². The quantitative estimate of drug-likeness (QED) is 0.618. The number of aromatic nitrogens is 2. The van der Waals surface area contributed by atoms with E-state index in [0.29, 0.717) is 5.82 Å². The zero-order valence-corrected chi connectivity index (χ0v) is 6.83. The molecule has 0 saturated carbocycles. The van der Waals surface area contributed by atoms with Crippen molar-refractivity contribution in [1.29, 1.82) is 5.26 Å². The van der Waals surface area contributed by atoms with Crippen LogP contribution in [0.15, 0.2) is 11.1 Å². The summed E-state index contributed by atoms with van der Waals surface area (Å²) in [6, 6.07) is 1.80. The molecule has 12 heavy (non-hydrogen) atoms. The summed E-state index contributed by atoms with van der Waals surface area (Å²) >= 11 is 0. The molecule has 1 N–H and O–H groups in total. The predicted octanol–water partition coefficient (Wildman–Crippen LogP) is -0.292. The molecule has 0 radical (unpaired) electrons. The fourth-order valence-electron chi connectivity index (χ4n) is 0.830. The van der Waals surface area contributed by atoms with Gasteiger partial charge in [-0.2, -0.15) is 5.26 Å². The van der Waals surface area contributed by atoms with Crippen molar-refractivity contribution in [3.05, 3.63) is 22.2 Å². The molecule has 0 aromatic carbocycles. The second-order valence-electron chi connectivity index (χ2n) is 2.44. The molecule has 0 fully saturated rings. The van der Waals surface area contributed by atoms with E-state index in [-0.39, 0.29) is 5.56 Å². The van der Waals surface area contributed by atoms with Gasteiger partial charge in [0.15, 0.2) is 11.4 Å². The van der Waals surface area contributed by atoms with Gasteiger partial charge in [0.05, 0.1) is 6.33 Å². The Morgan fingerprint density at radius 1 is 1.67 bits per heavy atom. The second kappa shape index (κ2) is 3.05. The van der Waals surface area contributed by atoms with Crippen LogP contribution >= 0.6 is 0 Å². The molecule has 5 nitrogen and oxygen atoms in total. The van der Waals surface area contributed by atoms with Crippen LogP contribution in [0.25, 0.3) is 0 Å². The van der Waals surface area contributed by atoms with E-state index < -0.39 is 5.56 Å². The summed E-state index contributed by atoms with van der Waals surface area (Å²) < 4.78 is 0. The van der Waals surface area contributed by atoms with Crippen LogP contribution in [0.1, 0.15) is 5.56 Å². The highest BCUT2D eigenvalue weighted by Crippen LogP contribution is 2.06. The average Bonchev–Trinajstić information content (AvgIpc) is 2.03. The second-order valence-corrected chi connectivity index (χ2v) is 2.44. The van der Waals surface area contributed by atoms with Crippen LogP contribution in [0.4, 0.5) is 5.82 Å². The molecule has 1 rings (SSSR count). The third-order valence-electron chi connectivity index (χ3n) is 1.37. The number of aromatic amines is 1. The Kier molecular flexibility index (Phi) is 2.10. The molecule has 0 amide bonds. The van der Waals surface area contributed by atoms with E-state index in [1.165, 1.54) is 6.33 Å². The standard InChI is InChI=1S/C7H8N4O/c1-11(2)6-5(3-8)7(12)10-4-9-6/h4H,1-2H3,(H,9,10,12). The lowest BCUT2D eigenvalue weighted by Gasteiger charge is -2.10. The lowest BCUT2D eigenvalue weighted by Crippen LogP contribution is -2.19. The maximum Gasteiger partial charge on any atom is 0.270 e. The third-order valence-corrected chi connectivity index (χ3v) is 1.37. The average molecular weight is 164 g/mol. The number of anilines is 1. The number of H-pyrrole nitrogens is 1. The summed E-state index contributed by atoms with van der Waals surface area (Å²) in [6.45, 7) is 0. The van der Waals surface area contributed by atoms with Crippen molar-refractivity contribution in [2.24, 2.45) is 0 Å². The molecule has 0 bridgehead atoms. The minimum absolute atomic E-state index is 0.0440. The first kappa shape index (κ1) is 8.27. The Hall–Kier alpha value is -1.83. The Morgan fingerprint density at radius 3 is 2.75 bits per heavy atom. The van der Waals surface area contributed by atoms with Crippen molar-refractivity contribution in [1.82, 2.24) is 9.97 Å². The largest absolute Gasteiger partial charge is 0.361 e. The molecule has 0 aliphatic carbocycles. The summed E-state index contributed by atoms with van der Waals surface area (Å²) in [5, 5.41) is 8.61. The molecular formula is C7H8N4O. The summed E-state index contributed by atoms with van der Waals surface area (Å²) in [5.74, 6) is 0.390. The normalized spacial score (nSPS) is 9.08. The predicted molar refractivity (Wildman–Crippen MR) is 43.9 cm³/mol. The van der Waals surface area contributed by atoms with Crippen molar-refractivity contribution in [3.8, 4) is 6.07 Å². The zero-order valence-electron chi connectivity index (χ0n) is 6.83. The van der Waals surface area contributed by atoms with Crippen molar-refractivity contribution in [3.63, 3.8) is 0 Å². The Bertz CT molecular complexity index is 374. The van der Waals surface area contributed by atoms with E-state index in [2.05, 4.69) is 9.97 Å². The number of hydrogen-bond acceptors (Lipinski definition) is 4. The molecule has 1 heterocycles. The van der Waals surface area contributed by atoms with Crippen LogP contribution < -0.4 is 10.5 Å². The van der Waals surface area contributed by atoms with Gasteiger partial charge in [0, 0.05) is 14.1 Å². The monoisotopic (exact) mass is 164 g/mol. The molecule has 62 valence electrons. The molecule has 1 aromatic rings. The first-order valence-corrected chi connectivity index (χ1v) is 3.32. The molecule has 5 heteroatoms. The van der Waals surface area contributed by atoms with Crippen LogP contribution in [0.3, 0.4) is 0 Å². The Labute approximate surface area is 69.3 Å². The molecule has 0 aliphatic rings. The van der Waals surface area contributed by atoms with Crippen molar-refractivity contribution >= 4 is 5.82 Å². The molecule has 0 saturated heterocycles. The summed E-state index contributed by atoms with van der Waals surface area (Å²) in [7, 11) is 3.45. The highest BCUT2D eigenvalue weighted by molar-refractivity contribution is 5.50. The number of nitrogens with zero attached hydrogens (tertiary/aromatic N) is 3. The Morgan fingerprint density at radius 2 is 2.33 bits per heavy atom. The molecular weight excluding hydrogens is 156 g/mol. The van der Waals surface area contributed by atoms with Gasteiger partial charge in [-0.1, -0.05) is 0 Å². The minimum atomic E-state index is -0.406. The molecule has 1 aromatic heterocycles. The highest BCUT2D eigenvalue weighted by Gasteiger charge is 2.08. The van der Waals surface area contributed by atoms with Crippen molar-refractivity contribution < 1.29 is 0 Å². The van der Waals surface area contributed by atoms with E-state index in [0.717, 1.165) is 0 Å². The van der Waals surface area contributed by atoms with E-state index in [4.69, 9.17) is 5.26 Å². The van der Waals surface area contributed by atoms with Crippen LogP contribution in [0.5, 0.6) is 0 Å². The van der Waals surface area contributed by atoms with E-state index >= 15 is 0 Å². The smallest absolute Gasteiger partial charge is 0.270 e. The fourth-order valence-corrected chi connectivity index (χ4v) is 0.830. The number of nitriles is 1. The van der Waals surface area contributed by atoms with Gasteiger partial charge in [0.1, 0.15) is 6.07 Å². The molecule has 0 aliphatic heterocycles.